The van der Waals surface area contributed by atoms with Gasteiger partial charge in [0, 0.05) is 13.1 Å². The van der Waals surface area contributed by atoms with Crippen molar-refractivity contribution in [2.24, 2.45) is 0 Å². The third-order valence-electron chi connectivity index (χ3n) is 2.81. The van der Waals surface area contributed by atoms with Crippen LogP contribution in [0.15, 0.2) is 18.5 Å². The molecule has 0 saturated carbocycles. The summed E-state index contributed by atoms with van der Waals surface area (Å²) in [5.41, 5.74) is 1.86. The van der Waals surface area contributed by atoms with Crippen LogP contribution in [0.2, 0.25) is 0 Å². The van der Waals surface area contributed by atoms with E-state index in [0.717, 1.165) is 23.6 Å². The van der Waals surface area contributed by atoms with Gasteiger partial charge in [0.05, 0.1) is 6.42 Å². The molecule has 0 aliphatic rings. The van der Waals surface area contributed by atoms with Gasteiger partial charge in [-0.05, 0) is 31.5 Å². The van der Waals surface area contributed by atoms with Crippen molar-refractivity contribution in [1.82, 2.24) is 14.6 Å². The van der Waals surface area contributed by atoms with Gasteiger partial charge in [0.2, 0.25) is 0 Å². The van der Waals surface area contributed by atoms with E-state index < -0.39 is 5.97 Å². The summed E-state index contributed by atoms with van der Waals surface area (Å²) in [5.74, 6) is 0.0854. The van der Waals surface area contributed by atoms with Crippen LogP contribution >= 0.6 is 0 Å². The number of aliphatic carboxylic acids is 1. The molecule has 0 radical (unpaired) electrons. The summed E-state index contributed by atoms with van der Waals surface area (Å²) in [7, 11) is 0. The van der Waals surface area contributed by atoms with Crippen molar-refractivity contribution in [2.45, 2.75) is 20.3 Å². The fourth-order valence-electron chi connectivity index (χ4n) is 1.93. The summed E-state index contributed by atoms with van der Waals surface area (Å²) in [6.07, 6.45) is 1.61. The van der Waals surface area contributed by atoms with Crippen molar-refractivity contribution in [3.8, 4) is 0 Å². The molecule has 6 nitrogen and oxygen atoms in total. The zero-order valence-electron chi connectivity index (χ0n) is 10.5. The van der Waals surface area contributed by atoms with Crippen molar-refractivity contribution in [3.05, 3.63) is 24.0 Å². The van der Waals surface area contributed by atoms with E-state index in [1.165, 1.54) is 6.33 Å². The summed E-state index contributed by atoms with van der Waals surface area (Å²) < 4.78 is 1.73. The maximum atomic E-state index is 10.7. The second-order valence-corrected chi connectivity index (χ2v) is 4.14. The van der Waals surface area contributed by atoms with Crippen molar-refractivity contribution in [2.75, 3.05) is 18.0 Å². The number of hydrogen-bond donors (Lipinski definition) is 1. The fraction of sp³-hybridized carbons (Fsp3) is 0.417. The maximum Gasteiger partial charge on any atom is 0.305 e. The Hall–Kier alpha value is -2.11. The topological polar surface area (TPSA) is 70.7 Å². The average Bonchev–Trinajstić information content (AvgIpc) is 2.77. The molecule has 96 valence electrons. The molecule has 2 aromatic heterocycles. The predicted octanol–water partition coefficient (Wildman–Crippen LogP) is 1.34. The minimum atomic E-state index is -0.795. The highest BCUT2D eigenvalue weighted by atomic mass is 16.4. The summed E-state index contributed by atoms with van der Waals surface area (Å²) >= 11 is 0. The number of nitrogens with zero attached hydrogens (tertiary/aromatic N) is 4. The molecule has 2 heterocycles. The summed E-state index contributed by atoms with van der Waals surface area (Å²) in [5, 5.41) is 12.9. The predicted molar refractivity (Wildman–Crippen MR) is 67.9 cm³/mol. The normalized spacial score (nSPS) is 10.8. The first-order valence-electron chi connectivity index (χ1n) is 5.89. The summed E-state index contributed by atoms with van der Waals surface area (Å²) in [4.78, 5) is 16.8. The molecule has 0 amide bonds. The van der Waals surface area contributed by atoms with Gasteiger partial charge in [-0.25, -0.2) is 4.98 Å². The van der Waals surface area contributed by atoms with E-state index in [0.29, 0.717) is 6.54 Å². The van der Waals surface area contributed by atoms with Crippen LogP contribution in [-0.4, -0.2) is 38.8 Å². The molecule has 0 atom stereocenters. The zero-order chi connectivity index (χ0) is 13.1. The van der Waals surface area contributed by atoms with E-state index in [2.05, 4.69) is 10.1 Å². The van der Waals surface area contributed by atoms with E-state index in [4.69, 9.17) is 5.11 Å². The molecule has 0 aromatic carbocycles. The molecule has 0 fully saturated rings. The minimum Gasteiger partial charge on any atom is -0.481 e. The molecule has 0 aliphatic carbocycles. The van der Waals surface area contributed by atoms with E-state index in [1.807, 2.05) is 30.9 Å². The van der Waals surface area contributed by atoms with Gasteiger partial charge in [0.1, 0.15) is 12.1 Å². The number of carbonyl (C=O) groups is 1. The zero-order valence-corrected chi connectivity index (χ0v) is 10.5. The molecule has 0 saturated heterocycles. The molecule has 2 aromatic rings. The van der Waals surface area contributed by atoms with Gasteiger partial charge in [-0.3, -0.25) is 4.79 Å². The van der Waals surface area contributed by atoms with Gasteiger partial charge in [-0.15, -0.1) is 0 Å². The second-order valence-electron chi connectivity index (χ2n) is 4.14. The van der Waals surface area contributed by atoms with Crippen LogP contribution < -0.4 is 4.90 Å². The van der Waals surface area contributed by atoms with E-state index in [9.17, 15) is 4.79 Å². The highest BCUT2D eigenvalue weighted by Crippen LogP contribution is 2.18. The van der Waals surface area contributed by atoms with Crippen LogP contribution in [0.5, 0.6) is 0 Å². The number of aryl methyl sites for hydroxylation is 1. The van der Waals surface area contributed by atoms with Crippen molar-refractivity contribution < 1.29 is 9.90 Å². The molecule has 0 bridgehead atoms. The first-order chi connectivity index (χ1) is 8.61. The molecule has 6 heteroatoms. The molecule has 2 rings (SSSR count). The van der Waals surface area contributed by atoms with Crippen LogP contribution in [-0.2, 0) is 4.79 Å². The number of carboxylic acid groups (broad SMARTS) is 1. The van der Waals surface area contributed by atoms with Crippen molar-refractivity contribution in [1.29, 1.82) is 0 Å². The SMILES string of the molecule is CCN(CCC(=O)O)c1cc(C)cc2ncnn12. The highest BCUT2D eigenvalue weighted by molar-refractivity contribution is 5.67. The van der Waals surface area contributed by atoms with Gasteiger partial charge >= 0.3 is 5.97 Å². The van der Waals surface area contributed by atoms with Gasteiger partial charge in [0.25, 0.3) is 0 Å². The van der Waals surface area contributed by atoms with Gasteiger partial charge in [-0.2, -0.15) is 9.61 Å². The Labute approximate surface area is 105 Å². The number of carboxylic acids is 1. The fourth-order valence-corrected chi connectivity index (χ4v) is 1.93. The third-order valence-corrected chi connectivity index (χ3v) is 2.81. The number of aromatic nitrogens is 3. The van der Waals surface area contributed by atoms with Crippen molar-refractivity contribution in [3.63, 3.8) is 0 Å². The van der Waals surface area contributed by atoms with Gasteiger partial charge in [-0.1, -0.05) is 0 Å². The Kier molecular flexibility index (Phi) is 3.45. The number of anilines is 1. The number of rotatable bonds is 5. The van der Waals surface area contributed by atoms with E-state index in [1.54, 1.807) is 4.52 Å². The molecule has 0 aliphatic heterocycles. The third kappa shape index (κ3) is 2.42. The smallest absolute Gasteiger partial charge is 0.305 e. The molecular weight excluding hydrogens is 232 g/mol. The van der Waals surface area contributed by atoms with Gasteiger partial charge in [0.15, 0.2) is 5.65 Å². The Morgan fingerprint density at radius 2 is 2.28 bits per heavy atom. The molecular formula is C12H16N4O2. The van der Waals surface area contributed by atoms with Crippen LogP contribution in [0.1, 0.15) is 18.9 Å². The number of hydrogen-bond acceptors (Lipinski definition) is 4. The molecule has 1 N–H and O–H groups in total. The number of fused-ring (bicyclic) bond motifs is 1. The Bertz CT molecular complexity index is 564. The Balaban J connectivity index is 2.37. The lowest BCUT2D eigenvalue weighted by Crippen LogP contribution is -2.28. The van der Waals surface area contributed by atoms with Crippen molar-refractivity contribution >= 4 is 17.4 Å². The van der Waals surface area contributed by atoms with Crippen LogP contribution in [0, 0.1) is 6.92 Å². The lowest BCUT2D eigenvalue weighted by molar-refractivity contribution is -0.136. The Morgan fingerprint density at radius 3 is 2.94 bits per heavy atom. The number of pyridine rings is 1. The quantitative estimate of drug-likeness (QED) is 0.864. The summed E-state index contributed by atoms with van der Waals surface area (Å²) in [6, 6.07) is 3.94. The van der Waals surface area contributed by atoms with Crippen LogP contribution in [0.4, 0.5) is 5.82 Å². The molecule has 0 spiro atoms. The Morgan fingerprint density at radius 1 is 1.50 bits per heavy atom. The standard InChI is InChI=1S/C12H16N4O2/c1-3-15(5-4-12(17)18)11-7-9(2)6-10-13-8-14-16(10)11/h6-8H,3-5H2,1-2H3,(H,17,18). The second kappa shape index (κ2) is 5.03. The molecule has 0 unspecified atom stereocenters. The van der Waals surface area contributed by atoms with Gasteiger partial charge < -0.3 is 10.0 Å². The van der Waals surface area contributed by atoms with E-state index >= 15 is 0 Å². The first kappa shape index (κ1) is 12.3. The highest BCUT2D eigenvalue weighted by Gasteiger charge is 2.12. The monoisotopic (exact) mass is 248 g/mol. The maximum absolute atomic E-state index is 10.7. The lowest BCUT2D eigenvalue weighted by Gasteiger charge is -2.23. The average molecular weight is 248 g/mol. The minimum absolute atomic E-state index is 0.109. The lowest BCUT2D eigenvalue weighted by atomic mass is 10.2. The van der Waals surface area contributed by atoms with Crippen LogP contribution in [0.3, 0.4) is 0 Å². The summed E-state index contributed by atoms with van der Waals surface area (Å²) in [6.45, 7) is 5.17. The largest absolute Gasteiger partial charge is 0.481 e. The first-order valence-corrected chi connectivity index (χ1v) is 5.89. The van der Waals surface area contributed by atoms with Crippen LogP contribution in [0.25, 0.3) is 5.65 Å². The molecule has 18 heavy (non-hydrogen) atoms. The van der Waals surface area contributed by atoms with E-state index in [-0.39, 0.29) is 6.42 Å².